The van der Waals surface area contributed by atoms with Gasteiger partial charge < -0.3 is 8.98 Å². The first-order chi connectivity index (χ1) is 33.7. The van der Waals surface area contributed by atoms with Gasteiger partial charge in [-0.2, -0.15) is 0 Å². The molecule has 13 aromatic rings. The molecule has 0 unspecified atom stereocenters. The van der Waals surface area contributed by atoms with E-state index in [4.69, 9.17) is 14.4 Å². The van der Waals surface area contributed by atoms with Crippen molar-refractivity contribution in [1.29, 1.82) is 0 Å². The summed E-state index contributed by atoms with van der Waals surface area (Å²) >= 11 is 0. The summed E-state index contributed by atoms with van der Waals surface area (Å²) < 4.78 is 9.30. The molecule has 3 aromatic heterocycles. The van der Waals surface area contributed by atoms with E-state index in [-0.39, 0.29) is 0 Å². The normalized spacial score (nSPS) is 11.5. The third-order valence-corrected chi connectivity index (χ3v) is 13.2. The molecule has 0 amide bonds. The lowest BCUT2D eigenvalue weighted by Gasteiger charge is -2.13. The van der Waals surface area contributed by atoms with Gasteiger partial charge in [0, 0.05) is 33.0 Å². The van der Waals surface area contributed by atoms with Gasteiger partial charge in [-0.25, -0.2) is 9.97 Å². The number of benzene rings is 10. The van der Waals surface area contributed by atoms with Crippen LogP contribution < -0.4 is 0 Å². The van der Waals surface area contributed by atoms with Crippen molar-refractivity contribution in [3.63, 3.8) is 0 Å². The average molecular weight is 868 g/mol. The van der Waals surface area contributed by atoms with Gasteiger partial charge in [-0.1, -0.05) is 170 Å². The van der Waals surface area contributed by atoms with Crippen molar-refractivity contribution in [2.45, 2.75) is 0 Å². The molecule has 0 bridgehead atoms. The molecule has 0 spiro atoms. The molecular formula is C64H41N3O. The Bertz CT molecular complexity index is 3870. The zero-order valence-corrected chi connectivity index (χ0v) is 36.9. The highest BCUT2D eigenvalue weighted by atomic mass is 16.3. The fourth-order valence-electron chi connectivity index (χ4n) is 9.87. The van der Waals surface area contributed by atoms with E-state index in [1.807, 2.05) is 0 Å². The first kappa shape index (κ1) is 39.3. The highest BCUT2D eigenvalue weighted by Crippen LogP contribution is 2.42. The molecule has 318 valence electrons. The summed E-state index contributed by atoms with van der Waals surface area (Å²) in [7, 11) is 0. The van der Waals surface area contributed by atoms with E-state index in [0.717, 1.165) is 94.6 Å². The van der Waals surface area contributed by atoms with Gasteiger partial charge in [0.15, 0.2) is 11.4 Å². The number of furan rings is 1. The summed E-state index contributed by atoms with van der Waals surface area (Å²) in [4.78, 5) is 11.0. The minimum absolute atomic E-state index is 0.622. The maximum atomic E-state index is 6.95. The molecule has 0 saturated heterocycles. The number of hydrogen-bond acceptors (Lipinski definition) is 3. The number of para-hydroxylation sites is 2. The predicted octanol–water partition coefficient (Wildman–Crippen LogP) is 17.1. The first-order valence-electron chi connectivity index (χ1n) is 23.0. The van der Waals surface area contributed by atoms with Crippen molar-refractivity contribution in [2.24, 2.45) is 0 Å². The summed E-state index contributed by atoms with van der Waals surface area (Å²) in [6.07, 6.45) is 0. The number of rotatable bonds is 8. The van der Waals surface area contributed by atoms with Gasteiger partial charge in [0.2, 0.25) is 0 Å². The van der Waals surface area contributed by atoms with Crippen LogP contribution >= 0.6 is 0 Å². The van der Waals surface area contributed by atoms with Gasteiger partial charge >= 0.3 is 0 Å². The van der Waals surface area contributed by atoms with Crippen LogP contribution in [0.3, 0.4) is 0 Å². The molecule has 4 heteroatoms. The number of hydrogen-bond donors (Lipinski definition) is 0. The van der Waals surface area contributed by atoms with Gasteiger partial charge in [-0.3, -0.25) is 0 Å². The Kier molecular flexibility index (Phi) is 9.47. The standard InChI is InChI=1S/C64H41N3O/c1-6-18-42(19-7-1)48-34-49(43-20-8-2-9-21-43)37-52(36-48)61-63-62(66-64(65-61)53-38-50(44-22-10-3-11-23-44)35-51(39-53)45-24-12-4-13-25-45)57-41-47(31-33-60(57)68-63)46-30-32-59-56(40-46)55-28-16-17-29-58(55)67(59)54-26-14-5-15-27-54/h1-41H. The maximum absolute atomic E-state index is 6.95. The van der Waals surface area contributed by atoms with E-state index in [2.05, 4.69) is 253 Å². The molecule has 0 aliphatic rings. The zero-order valence-electron chi connectivity index (χ0n) is 36.9. The van der Waals surface area contributed by atoms with Crippen LogP contribution in [0.15, 0.2) is 253 Å². The Morgan fingerprint density at radius 3 is 1.29 bits per heavy atom. The van der Waals surface area contributed by atoms with Crippen LogP contribution in [0.2, 0.25) is 0 Å². The number of nitrogens with zero attached hydrogens (tertiary/aromatic N) is 3. The van der Waals surface area contributed by atoms with E-state index in [9.17, 15) is 0 Å². The number of fused-ring (bicyclic) bond motifs is 6. The van der Waals surface area contributed by atoms with E-state index >= 15 is 0 Å². The van der Waals surface area contributed by atoms with E-state index in [1.165, 1.54) is 21.8 Å². The largest absolute Gasteiger partial charge is 0.452 e. The Balaban J connectivity index is 1.06. The fourth-order valence-corrected chi connectivity index (χ4v) is 9.87. The van der Waals surface area contributed by atoms with Crippen LogP contribution in [0.5, 0.6) is 0 Å². The van der Waals surface area contributed by atoms with Gasteiger partial charge in [0.1, 0.15) is 16.8 Å². The third kappa shape index (κ3) is 6.95. The quantitative estimate of drug-likeness (QED) is 0.153. The smallest absolute Gasteiger partial charge is 0.180 e. The second-order valence-corrected chi connectivity index (χ2v) is 17.4. The Morgan fingerprint density at radius 1 is 0.294 bits per heavy atom. The molecule has 3 heterocycles. The molecule has 4 nitrogen and oxygen atoms in total. The van der Waals surface area contributed by atoms with E-state index < -0.39 is 0 Å². The van der Waals surface area contributed by atoms with Crippen LogP contribution in [-0.4, -0.2) is 14.5 Å². The topological polar surface area (TPSA) is 43.9 Å². The second kappa shape index (κ2) is 16.4. The van der Waals surface area contributed by atoms with Crippen LogP contribution in [-0.2, 0) is 0 Å². The van der Waals surface area contributed by atoms with Crippen molar-refractivity contribution in [3.05, 3.63) is 249 Å². The summed E-state index contributed by atoms with van der Waals surface area (Å²) in [6.45, 7) is 0. The molecule has 0 saturated carbocycles. The molecule has 0 atom stereocenters. The summed E-state index contributed by atoms with van der Waals surface area (Å²) in [5.41, 5.74) is 19.3. The SMILES string of the molecule is c1ccc(-c2cc(-c3ccccc3)cc(-c3nc(-c4cc(-c5ccccc5)cc(-c5ccccc5)c4)c4oc5ccc(-c6ccc7c(c6)c6ccccc6n7-c6ccccc6)cc5c4n3)c2)cc1. The monoisotopic (exact) mass is 867 g/mol. The number of aromatic nitrogens is 3. The van der Waals surface area contributed by atoms with Gasteiger partial charge in [0.05, 0.1) is 11.0 Å². The summed E-state index contributed by atoms with van der Waals surface area (Å²) in [5.74, 6) is 0.622. The second-order valence-electron chi connectivity index (χ2n) is 17.4. The lowest BCUT2D eigenvalue weighted by Crippen LogP contribution is -1.96. The van der Waals surface area contributed by atoms with Crippen molar-refractivity contribution >= 4 is 43.9 Å². The highest BCUT2D eigenvalue weighted by molar-refractivity contribution is 6.12. The summed E-state index contributed by atoms with van der Waals surface area (Å²) in [6, 6.07) is 88.2. The summed E-state index contributed by atoms with van der Waals surface area (Å²) in [5, 5.41) is 3.34. The van der Waals surface area contributed by atoms with Crippen LogP contribution in [0.1, 0.15) is 0 Å². The van der Waals surface area contributed by atoms with Crippen LogP contribution in [0.4, 0.5) is 0 Å². The molecule has 10 aromatic carbocycles. The predicted molar refractivity (Wildman–Crippen MR) is 282 cm³/mol. The average Bonchev–Trinajstić information content (AvgIpc) is 3.96. The van der Waals surface area contributed by atoms with Gasteiger partial charge in [-0.15, -0.1) is 0 Å². The van der Waals surface area contributed by atoms with Crippen molar-refractivity contribution < 1.29 is 4.42 Å². The first-order valence-corrected chi connectivity index (χ1v) is 23.0. The molecule has 0 fully saturated rings. The van der Waals surface area contributed by atoms with Crippen molar-refractivity contribution in [1.82, 2.24) is 14.5 Å². The van der Waals surface area contributed by atoms with Gasteiger partial charge in [0.25, 0.3) is 0 Å². The van der Waals surface area contributed by atoms with Crippen LogP contribution in [0, 0.1) is 0 Å². The third-order valence-electron chi connectivity index (χ3n) is 13.2. The van der Waals surface area contributed by atoms with Gasteiger partial charge in [-0.05, 0) is 134 Å². The fraction of sp³-hybridized carbons (Fsp3) is 0. The Hall–Kier alpha value is -9.12. The van der Waals surface area contributed by atoms with E-state index in [0.29, 0.717) is 11.4 Å². The maximum Gasteiger partial charge on any atom is 0.180 e. The van der Waals surface area contributed by atoms with Crippen molar-refractivity contribution in [3.8, 4) is 84.0 Å². The minimum atomic E-state index is 0.622. The molecule has 0 radical (unpaired) electrons. The molecule has 13 rings (SSSR count). The zero-order chi connectivity index (χ0) is 45.0. The highest BCUT2D eigenvalue weighted by Gasteiger charge is 2.22. The lowest BCUT2D eigenvalue weighted by molar-refractivity contribution is 0.667. The minimum Gasteiger partial charge on any atom is -0.452 e. The molecule has 0 aliphatic carbocycles. The Morgan fingerprint density at radius 2 is 0.735 bits per heavy atom. The van der Waals surface area contributed by atoms with E-state index in [1.54, 1.807) is 0 Å². The van der Waals surface area contributed by atoms with Crippen molar-refractivity contribution in [2.75, 3.05) is 0 Å². The Labute approximate surface area is 393 Å². The molecule has 68 heavy (non-hydrogen) atoms. The molecule has 0 N–H and O–H groups in total. The lowest BCUT2D eigenvalue weighted by atomic mass is 9.94. The molecular weight excluding hydrogens is 827 g/mol. The molecule has 0 aliphatic heterocycles. The van der Waals surface area contributed by atoms with Crippen LogP contribution in [0.25, 0.3) is 128 Å².